The van der Waals surface area contributed by atoms with E-state index in [2.05, 4.69) is 5.32 Å². The third kappa shape index (κ3) is 3.20. The number of fused-ring (bicyclic) bond motifs is 1. The maximum Gasteiger partial charge on any atom is 0.371 e. The molecule has 0 radical (unpaired) electrons. The largest absolute Gasteiger partial charge is 0.497 e. The van der Waals surface area contributed by atoms with Crippen LogP contribution >= 0.6 is 0 Å². The van der Waals surface area contributed by atoms with Gasteiger partial charge in [0.15, 0.2) is 11.0 Å². The van der Waals surface area contributed by atoms with E-state index in [0.717, 1.165) is 6.07 Å². The Morgan fingerprint density at radius 3 is 2.48 bits per heavy atom. The minimum absolute atomic E-state index is 0.00858. The van der Waals surface area contributed by atoms with E-state index in [9.17, 15) is 14.4 Å². The number of carboxylic acid groups (broad SMARTS) is 1. The van der Waals surface area contributed by atoms with Crippen molar-refractivity contribution in [3.63, 3.8) is 0 Å². The number of carbonyl (C=O) groups excluding carboxylic acids is 1. The van der Waals surface area contributed by atoms with Gasteiger partial charge in [0.1, 0.15) is 5.75 Å². The number of carboxylic acids is 1. The van der Waals surface area contributed by atoms with Gasteiger partial charge in [-0.05, 0) is 36.4 Å². The van der Waals surface area contributed by atoms with Crippen molar-refractivity contribution in [2.24, 2.45) is 0 Å². The number of methoxy groups -OCH3 is 1. The van der Waals surface area contributed by atoms with Crippen LogP contribution in [0.3, 0.4) is 0 Å². The van der Waals surface area contributed by atoms with Gasteiger partial charge in [-0.1, -0.05) is 6.07 Å². The summed E-state index contributed by atoms with van der Waals surface area (Å²) in [4.78, 5) is 35.5. The molecule has 1 amide bonds. The first-order valence-electron chi connectivity index (χ1n) is 7.25. The number of carbonyl (C=O) groups is 2. The second-order valence-corrected chi connectivity index (χ2v) is 5.14. The van der Waals surface area contributed by atoms with E-state index in [1.54, 1.807) is 30.3 Å². The van der Waals surface area contributed by atoms with Crippen molar-refractivity contribution in [3.05, 3.63) is 70.1 Å². The number of benzene rings is 2. The highest BCUT2D eigenvalue weighted by molar-refractivity contribution is 6.08. The second-order valence-electron chi connectivity index (χ2n) is 5.14. The van der Waals surface area contributed by atoms with Gasteiger partial charge in [0.2, 0.25) is 5.76 Å². The van der Waals surface area contributed by atoms with Gasteiger partial charge >= 0.3 is 5.97 Å². The molecule has 3 aromatic rings. The highest BCUT2D eigenvalue weighted by Gasteiger charge is 2.15. The zero-order valence-electron chi connectivity index (χ0n) is 13.1. The molecule has 0 fully saturated rings. The second kappa shape index (κ2) is 6.48. The molecule has 126 valence electrons. The summed E-state index contributed by atoms with van der Waals surface area (Å²) in [6, 6.07) is 11.9. The molecule has 2 N–H and O–H groups in total. The normalized spacial score (nSPS) is 10.4. The summed E-state index contributed by atoms with van der Waals surface area (Å²) in [5, 5.41) is 11.8. The van der Waals surface area contributed by atoms with Crippen LogP contribution in [0.4, 0.5) is 5.69 Å². The molecule has 7 nitrogen and oxygen atoms in total. The molecule has 0 saturated heterocycles. The third-order valence-electron chi connectivity index (χ3n) is 3.57. The highest BCUT2D eigenvalue weighted by atomic mass is 16.5. The molecule has 25 heavy (non-hydrogen) atoms. The molecule has 3 rings (SSSR count). The summed E-state index contributed by atoms with van der Waals surface area (Å²) in [5.41, 5.74) is 0.0847. The molecule has 0 atom stereocenters. The Morgan fingerprint density at radius 2 is 1.84 bits per heavy atom. The van der Waals surface area contributed by atoms with Gasteiger partial charge in [-0.2, -0.15) is 0 Å². The quantitative estimate of drug-likeness (QED) is 0.757. The number of anilines is 1. The van der Waals surface area contributed by atoms with E-state index in [1.807, 2.05) is 0 Å². The van der Waals surface area contributed by atoms with Crippen LogP contribution in [0.25, 0.3) is 11.0 Å². The topological polar surface area (TPSA) is 106 Å². The first-order valence-corrected chi connectivity index (χ1v) is 7.25. The Morgan fingerprint density at radius 1 is 1.12 bits per heavy atom. The average Bonchev–Trinajstić information content (AvgIpc) is 2.62. The van der Waals surface area contributed by atoms with E-state index in [1.165, 1.54) is 19.2 Å². The van der Waals surface area contributed by atoms with Crippen molar-refractivity contribution in [2.75, 3.05) is 12.4 Å². The average molecular weight is 339 g/mol. The lowest BCUT2D eigenvalue weighted by Gasteiger charge is -2.08. The van der Waals surface area contributed by atoms with Crippen LogP contribution in [0, 0.1) is 0 Å². The standard InChI is InChI=1S/C18H13NO6/c1-24-11-7-5-10(6-8-11)17(21)19-13-4-2-3-12-14(20)9-15(18(22)23)25-16(12)13/h2-9H,1H3,(H,19,21)(H,22,23). The van der Waals surface area contributed by atoms with Crippen LogP contribution in [0.15, 0.2) is 57.7 Å². The molecule has 0 aliphatic heterocycles. The molecular formula is C18H13NO6. The molecule has 0 unspecified atom stereocenters. The van der Waals surface area contributed by atoms with Crippen molar-refractivity contribution >= 4 is 28.5 Å². The Kier molecular flexibility index (Phi) is 4.21. The minimum Gasteiger partial charge on any atom is -0.497 e. The van der Waals surface area contributed by atoms with E-state index in [4.69, 9.17) is 14.3 Å². The lowest BCUT2D eigenvalue weighted by Crippen LogP contribution is -2.13. The fourth-order valence-electron chi connectivity index (χ4n) is 2.32. The zero-order valence-corrected chi connectivity index (χ0v) is 13.1. The summed E-state index contributed by atoms with van der Waals surface area (Å²) in [6.45, 7) is 0. The van der Waals surface area contributed by atoms with Gasteiger partial charge in [-0.3, -0.25) is 9.59 Å². The Balaban J connectivity index is 2.01. The fourth-order valence-corrected chi connectivity index (χ4v) is 2.32. The van der Waals surface area contributed by atoms with Crippen LogP contribution in [-0.4, -0.2) is 24.1 Å². The maximum absolute atomic E-state index is 12.4. The summed E-state index contributed by atoms with van der Waals surface area (Å²) in [6.07, 6.45) is 0. The monoisotopic (exact) mass is 339 g/mol. The van der Waals surface area contributed by atoms with E-state index < -0.39 is 23.1 Å². The smallest absolute Gasteiger partial charge is 0.371 e. The molecule has 0 bridgehead atoms. The van der Waals surface area contributed by atoms with Crippen LogP contribution < -0.4 is 15.5 Å². The van der Waals surface area contributed by atoms with Crippen LogP contribution in [0.5, 0.6) is 5.75 Å². The maximum atomic E-state index is 12.4. The summed E-state index contributed by atoms with van der Waals surface area (Å²) < 4.78 is 10.3. The van der Waals surface area contributed by atoms with E-state index >= 15 is 0 Å². The van der Waals surface area contributed by atoms with Crippen molar-refractivity contribution in [3.8, 4) is 5.75 Å². The lowest BCUT2D eigenvalue weighted by molar-refractivity contribution is 0.0663. The fraction of sp³-hybridized carbons (Fsp3) is 0.0556. The van der Waals surface area contributed by atoms with Gasteiger partial charge in [0.05, 0.1) is 18.2 Å². The van der Waals surface area contributed by atoms with Crippen molar-refractivity contribution < 1.29 is 23.8 Å². The molecule has 0 aliphatic carbocycles. The highest BCUT2D eigenvalue weighted by Crippen LogP contribution is 2.23. The SMILES string of the molecule is COc1ccc(C(=O)Nc2cccc3c(=O)cc(C(=O)O)oc23)cc1. The molecular weight excluding hydrogens is 326 g/mol. The summed E-state index contributed by atoms with van der Waals surface area (Å²) >= 11 is 0. The Hall–Kier alpha value is -3.61. The summed E-state index contributed by atoms with van der Waals surface area (Å²) in [7, 11) is 1.52. The number of hydrogen-bond donors (Lipinski definition) is 2. The number of para-hydroxylation sites is 1. The van der Waals surface area contributed by atoms with E-state index in [0.29, 0.717) is 11.3 Å². The van der Waals surface area contributed by atoms with Crippen molar-refractivity contribution in [2.45, 2.75) is 0 Å². The Labute approximate surface area is 141 Å². The van der Waals surface area contributed by atoms with Crippen LogP contribution in [0.1, 0.15) is 20.9 Å². The molecule has 1 heterocycles. The van der Waals surface area contributed by atoms with Gasteiger partial charge in [-0.15, -0.1) is 0 Å². The Bertz CT molecular complexity index is 1020. The van der Waals surface area contributed by atoms with E-state index in [-0.39, 0.29) is 16.7 Å². The molecule has 2 aromatic carbocycles. The van der Waals surface area contributed by atoms with Crippen LogP contribution in [-0.2, 0) is 0 Å². The van der Waals surface area contributed by atoms with Gasteiger partial charge in [-0.25, -0.2) is 4.79 Å². The number of aromatic carboxylic acids is 1. The zero-order chi connectivity index (χ0) is 18.0. The van der Waals surface area contributed by atoms with Crippen LogP contribution in [0.2, 0.25) is 0 Å². The molecule has 0 aliphatic rings. The van der Waals surface area contributed by atoms with Gasteiger partial charge in [0.25, 0.3) is 5.91 Å². The predicted molar refractivity (Wildman–Crippen MR) is 90.4 cm³/mol. The predicted octanol–water partition coefficient (Wildman–Crippen LogP) is 2.75. The number of nitrogens with one attached hydrogen (secondary N) is 1. The number of hydrogen-bond acceptors (Lipinski definition) is 5. The van der Waals surface area contributed by atoms with Gasteiger partial charge in [0, 0.05) is 11.6 Å². The number of amides is 1. The molecule has 1 aromatic heterocycles. The molecule has 0 saturated carbocycles. The molecule has 7 heteroatoms. The van der Waals surface area contributed by atoms with Gasteiger partial charge < -0.3 is 19.6 Å². The number of rotatable bonds is 4. The van der Waals surface area contributed by atoms with Crippen molar-refractivity contribution in [1.29, 1.82) is 0 Å². The third-order valence-corrected chi connectivity index (χ3v) is 3.57. The molecule has 0 spiro atoms. The first-order chi connectivity index (χ1) is 12.0. The number of ether oxygens (including phenoxy) is 1. The minimum atomic E-state index is -1.37. The lowest BCUT2D eigenvalue weighted by atomic mass is 10.1. The summed E-state index contributed by atoms with van der Waals surface area (Å²) in [5.74, 6) is -1.68. The first kappa shape index (κ1) is 16.3. The van der Waals surface area contributed by atoms with Crippen molar-refractivity contribution in [1.82, 2.24) is 0 Å².